The van der Waals surface area contributed by atoms with Crippen LogP contribution in [0.3, 0.4) is 0 Å². The van der Waals surface area contributed by atoms with Crippen LogP contribution in [0.2, 0.25) is 0 Å². The molecule has 0 spiro atoms. The average Bonchev–Trinajstić information content (AvgIpc) is 3.20. The third-order valence-corrected chi connectivity index (χ3v) is 8.61. The van der Waals surface area contributed by atoms with E-state index in [0.29, 0.717) is 35.8 Å². The molecule has 1 saturated carbocycles. The lowest BCUT2D eigenvalue weighted by Crippen LogP contribution is -2.54. The predicted octanol–water partition coefficient (Wildman–Crippen LogP) is 3.01. The molecule has 10 atom stereocenters. The zero-order valence-electron chi connectivity index (χ0n) is 16.8. The van der Waals surface area contributed by atoms with Crippen molar-refractivity contribution in [1.29, 1.82) is 0 Å². The minimum atomic E-state index is -0.0294. The maximum absolute atomic E-state index is 12.5. The summed E-state index contributed by atoms with van der Waals surface area (Å²) in [6.07, 6.45) is 6.87. The molecule has 5 heteroatoms. The summed E-state index contributed by atoms with van der Waals surface area (Å²) in [5, 5.41) is 0. The Kier molecular flexibility index (Phi) is 4.30. The van der Waals surface area contributed by atoms with Gasteiger partial charge < -0.3 is 9.47 Å². The Balaban J connectivity index is 1.51. The first kappa shape index (κ1) is 18.0. The summed E-state index contributed by atoms with van der Waals surface area (Å²) in [6.45, 7) is 7.44. The van der Waals surface area contributed by atoms with Gasteiger partial charge in [-0.2, -0.15) is 0 Å². The lowest BCUT2D eigenvalue weighted by Gasteiger charge is -2.48. The van der Waals surface area contributed by atoms with Crippen LogP contribution in [0.5, 0.6) is 0 Å². The maximum Gasteiger partial charge on any atom is 0.309 e. The molecule has 4 saturated heterocycles. The smallest absolute Gasteiger partial charge is 0.309 e. The van der Waals surface area contributed by atoms with Crippen molar-refractivity contribution in [1.82, 2.24) is 4.90 Å². The number of ether oxygens (including phenoxy) is 2. The Morgan fingerprint density at radius 2 is 1.85 bits per heavy atom. The van der Waals surface area contributed by atoms with E-state index in [2.05, 4.69) is 18.7 Å². The first-order chi connectivity index (χ1) is 13.0. The molecule has 0 bridgehead atoms. The van der Waals surface area contributed by atoms with E-state index in [4.69, 9.17) is 9.47 Å². The van der Waals surface area contributed by atoms with Crippen molar-refractivity contribution in [3.63, 3.8) is 0 Å². The van der Waals surface area contributed by atoms with Crippen LogP contribution in [0.25, 0.3) is 0 Å². The molecule has 0 amide bonds. The fourth-order valence-electron chi connectivity index (χ4n) is 7.48. The Morgan fingerprint density at radius 3 is 2.56 bits per heavy atom. The van der Waals surface area contributed by atoms with E-state index in [-0.39, 0.29) is 36.0 Å². The second-order valence-electron chi connectivity index (χ2n) is 9.81. The van der Waals surface area contributed by atoms with Gasteiger partial charge in [0.1, 0.15) is 12.2 Å². The van der Waals surface area contributed by atoms with E-state index in [1.165, 1.54) is 19.3 Å². The molecule has 0 aromatic carbocycles. The zero-order valence-corrected chi connectivity index (χ0v) is 16.8. The van der Waals surface area contributed by atoms with Crippen LogP contribution in [0, 0.1) is 35.5 Å². The van der Waals surface area contributed by atoms with Crippen LogP contribution in [0.4, 0.5) is 0 Å². The summed E-state index contributed by atoms with van der Waals surface area (Å²) in [4.78, 5) is 27.3. The topological polar surface area (TPSA) is 55.8 Å². The third-order valence-electron chi connectivity index (χ3n) is 8.61. The van der Waals surface area contributed by atoms with E-state index in [0.717, 1.165) is 25.8 Å². The molecule has 10 unspecified atom stereocenters. The van der Waals surface area contributed by atoms with Crippen molar-refractivity contribution >= 4 is 11.9 Å². The number of hydrogen-bond acceptors (Lipinski definition) is 5. The molecule has 5 fully saturated rings. The van der Waals surface area contributed by atoms with Crippen molar-refractivity contribution in [2.24, 2.45) is 35.5 Å². The van der Waals surface area contributed by atoms with Crippen molar-refractivity contribution in [3.05, 3.63) is 0 Å². The molecule has 0 radical (unpaired) electrons. The quantitative estimate of drug-likeness (QED) is 0.695. The van der Waals surface area contributed by atoms with Gasteiger partial charge in [-0.3, -0.25) is 14.5 Å². The standard InChI is InChI=1S/C22H33NO4/c1-4-13-14-7-5-6-8-23-16(17-9-11(2)21(24)26-17)10-15(19(14)23)18-12(3)22(25)27-20(13)18/h11-20H,4-10H2,1-3H3. The summed E-state index contributed by atoms with van der Waals surface area (Å²) < 4.78 is 11.8. The summed E-state index contributed by atoms with van der Waals surface area (Å²) in [7, 11) is 0. The van der Waals surface area contributed by atoms with Crippen LogP contribution in [0.15, 0.2) is 0 Å². The van der Waals surface area contributed by atoms with Crippen molar-refractivity contribution in [2.75, 3.05) is 6.54 Å². The Hall–Kier alpha value is -1.10. The van der Waals surface area contributed by atoms with Crippen LogP contribution >= 0.6 is 0 Å². The van der Waals surface area contributed by atoms with Gasteiger partial charge in [-0.05, 0) is 50.5 Å². The fraction of sp³-hybridized carbons (Fsp3) is 0.909. The highest BCUT2D eigenvalue weighted by atomic mass is 16.6. The Morgan fingerprint density at radius 1 is 1.04 bits per heavy atom. The molecule has 4 heterocycles. The van der Waals surface area contributed by atoms with Crippen LogP contribution in [0.1, 0.15) is 59.3 Å². The molecule has 1 aliphatic carbocycles. The van der Waals surface area contributed by atoms with E-state index in [1.54, 1.807) is 0 Å². The number of rotatable bonds is 2. The van der Waals surface area contributed by atoms with Crippen LogP contribution in [-0.2, 0) is 19.1 Å². The maximum atomic E-state index is 12.5. The molecule has 5 nitrogen and oxygen atoms in total. The van der Waals surface area contributed by atoms with Gasteiger partial charge in [-0.25, -0.2) is 0 Å². The van der Waals surface area contributed by atoms with Gasteiger partial charge in [-0.1, -0.05) is 27.2 Å². The fourth-order valence-corrected chi connectivity index (χ4v) is 7.48. The Labute approximate surface area is 162 Å². The number of carbonyl (C=O) groups excluding carboxylic acids is 2. The van der Waals surface area contributed by atoms with Gasteiger partial charge in [0.25, 0.3) is 0 Å². The van der Waals surface area contributed by atoms with Gasteiger partial charge in [0, 0.05) is 23.9 Å². The van der Waals surface area contributed by atoms with Gasteiger partial charge >= 0.3 is 11.9 Å². The second-order valence-corrected chi connectivity index (χ2v) is 9.81. The monoisotopic (exact) mass is 375 g/mol. The molecule has 0 N–H and O–H groups in total. The average molecular weight is 376 g/mol. The summed E-state index contributed by atoms with van der Waals surface area (Å²) >= 11 is 0. The van der Waals surface area contributed by atoms with Gasteiger partial charge in [-0.15, -0.1) is 0 Å². The molecule has 5 rings (SSSR count). The summed E-state index contributed by atoms with van der Waals surface area (Å²) in [5.41, 5.74) is 0. The zero-order chi connectivity index (χ0) is 18.9. The number of esters is 2. The van der Waals surface area contributed by atoms with E-state index < -0.39 is 0 Å². The van der Waals surface area contributed by atoms with Crippen LogP contribution < -0.4 is 0 Å². The minimum Gasteiger partial charge on any atom is -0.462 e. The van der Waals surface area contributed by atoms with Gasteiger partial charge in [0.05, 0.1) is 11.8 Å². The minimum absolute atomic E-state index is 0.00362. The van der Waals surface area contributed by atoms with Crippen LogP contribution in [-0.4, -0.2) is 47.7 Å². The highest BCUT2D eigenvalue weighted by Crippen LogP contribution is 2.57. The first-order valence-electron chi connectivity index (χ1n) is 11.2. The van der Waals surface area contributed by atoms with E-state index >= 15 is 0 Å². The van der Waals surface area contributed by atoms with E-state index in [1.807, 2.05) is 6.92 Å². The second kappa shape index (κ2) is 6.47. The van der Waals surface area contributed by atoms with Gasteiger partial charge in [0.15, 0.2) is 0 Å². The molecule has 4 aliphatic heterocycles. The molecular weight excluding hydrogens is 342 g/mol. The highest BCUT2D eigenvalue weighted by molar-refractivity contribution is 5.75. The number of carbonyl (C=O) groups is 2. The molecular formula is C22H33NO4. The van der Waals surface area contributed by atoms with Crippen molar-refractivity contribution < 1.29 is 19.1 Å². The molecule has 27 heavy (non-hydrogen) atoms. The normalized spacial score (nSPS) is 52.1. The predicted molar refractivity (Wildman–Crippen MR) is 99.7 cm³/mol. The summed E-state index contributed by atoms with van der Waals surface area (Å²) in [5.74, 6) is 1.94. The third kappa shape index (κ3) is 2.53. The number of cyclic esters (lactones) is 1. The SMILES string of the molecule is CCC1C2CCCCN3C(C4CC(C)C(=O)O4)CC(C4C(C)C(=O)OC14)C23. The molecule has 0 aromatic rings. The number of fused-ring (bicyclic) bond motifs is 2. The lowest BCUT2D eigenvalue weighted by molar-refractivity contribution is -0.148. The largest absolute Gasteiger partial charge is 0.462 e. The number of hydrogen-bond donors (Lipinski definition) is 0. The van der Waals surface area contributed by atoms with Crippen molar-refractivity contribution in [2.45, 2.75) is 83.6 Å². The Bertz CT molecular complexity index is 636. The lowest BCUT2D eigenvalue weighted by atomic mass is 9.60. The molecule has 0 aromatic heterocycles. The summed E-state index contributed by atoms with van der Waals surface area (Å²) in [6, 6.07) is 0.865. The highest BCUT2D eigenvalue weighted by Gasteiger charge is 2.63. The van der Waals surface area contributed by atoms with E-state index in [9.17, 15) is 9.59 Å². The molecule has 150 valence electrons. The number of nitrogens with zero attached hydrogens (tertiary/aromatic N) is 1. The molecule has 5 aliphatic rings. The first-order valence-corrected chi connectivity index (χ1v) is 11.2. The van der Waals surface area contributed by atoms with Gasteiger partial charge in [0.2, 0.25) is 0 Å². The van der Waals surface area contributed by atoms with Crippen molar-refractivity contribution in [3.8, 4) is 0 Å².